The fourth-order valence-corrected chi connectivity index (χ4v) is 3.69. The molecule has 27 heavy (non-hydrogen) atoms. The number of carboxylic acid groups (broad SMARTS) is 1. The molecule has 5 nitrogen and oxygen atoms in total. The van der Waals surface area contributed by atoms with Gasteiger partial charge in [0.15, 0.2) is 5.82 Å². The average molecular weight is 365 g/mol. The highest BCUT2D eigenvalue weighted by Gasteiger charge is 2.24. The molecule has 0 spiro atoms. The van der Waals surface area contributed by atoms with Crippen molar-refractivity contribution < 1.29 is 14.3 Å². The van der Waals surface area contributed by atoms with Gasteiger partial charge in [0.2, 0.25) is 0 Å². The van der Waals surface area contributed by atoms with Crippen molar-refractivity contribution in [2.24, 2.45) is 0 Å². The third-order valence-electron chi connectivity index (χ3n) is 5.22. The van der Waals surface area contributed by atoms with E-state index >= 15 is 0 Å². The number of benzene rings is 2. The molecule has 6 heteroatoms. The van der Waals surface area contributed by atoms with Crippen LogP contribution in [0.15, 0.2) is 42.5 Å². The summed E-state index contributed by atoms with van der Waals surface area (Å²) in [6.07, 6.45) is 4.55. The minimum atomic E-state index is -0.994. The Morgan fingerprint density at radius 1 is 1.07 bits per heavy atom. The fraction of sp³-hybridized carbons (Fsp3) is 0.286. The number of fused-ring (bicyclic) bond motifs is 1. The highest BCUT2D eigenvalue weighted by atomic mass is 19.1. The van der Waals surface area contributed by atoms with Gasteiger partial charge in [-0.3, -0.25) is 0 Å². The lowest BCUT2D eigenvalue weighted by Gasteiger charge is -2.27. The standard InChI is InChI=1S/C21H20FN3O2/c1-25(16-4-2-3-5-16)20-19(13-6-9-15(22)10-7-13)23-17-11-8-14(21(26)27)12-18(17)24-20/h6-12,16H,2-5H2,1H3,(H,26,27). The lowest BCUT2D eigenvalue weighted by Crippen LogP contribution is -2.30. The Kier molecular flexibility index (Phi) is 4.48. The van der Waals surface area contributed by atoms with E-state index < -0.39 is 5.97 Å². The van der Waals surface area contributed by atoms with Gasteiger partial charge in [-0.25, -0.2) is 19.2 Å². The minimum absolute atomic E-state index is 0.181. The van der Waals surface area contributed by atoms with Crippen molar-refractivity contribution in [2.75, 3.05) is 11.9 Å². The fourth-order valence-electron chi connectivity index (χ4n) is 3.69. The molecule has 4 rings (SSSR count). The van der Waals surface area contributed by atoms with E-state index in [0.717, 1.165) is 18.4 Å². The van der Waals surface area contributed by atoms with Crippen LogP contribution in [0.4, 0.5) is 10.2 Å². The molecule has 3 aromatic rings. The van der Waals surface area contributed by atoms with Crippen LogP contribution >= 0.6 is 0 Å². The molecule has 0 atom stereocenters. The molecule has 0 saturated heterocycles. The van der Waals surface area contributed by atoms with Crippen LogP contribution in [0.3, 0.4) is 0 Å². The van der Waals surface area contributed by atoms with Gasteiger partial charge in [-0.1, -0.05) is 12.8 Å². The highest BCUT2D eigenvalue weighted by Crippen LogP contribution is 2.33. The zero-order valence-corrected chi connectivity index (χ0v) is 15.0. The van der Waals surface area contributed by atoms with Crippen molar-refractivity contribution >= 4 is 22.8 Å². The predicted octanol–water partition coefficient (Wildman–Crippen LogP) is 4.51. The van der Waals surface area contributed by atoms with E-state index in [9.17, 15) is 14.3 Å². The second kappa shape index (κ2) is 6.95. The van der Waals surface area contributed by atoms with Crippen molar-refractivity contribution in [1.82, 2.24) is 9.97 Å². The number of carbonyl (C=O) groups is 1. The Labute approximate surface area is 156 Å². The quantitative estimate of drug-likeness (QED) is 0.737. The van der Waals surface area contributed by atoms with Gasteiger partial charge >= 0.3 is 5.97 Å². The molecule has 1 aliphatic carbocycles. The highest BCUT2D eigenvalue weighted by molar-refractivity contribution is 5.93. The van der Waals surface area contributed by atoms with Gasteiger partial charge in [0.25, 0.3) is 0 Å². The molecule has 1 saturated carbocycles. The Morgan fingerprint density at radius 2 is 1.78 bits per heavy atom. The zero-order valence-electron chi connectivity index (χ0n) is 15.0. The molecule has 1 fully saturated rings. The summed E-state index contributed by atoms with van der Waals surface area (Å²) in [5, 5.41) is 9.26. The predicted molar refractivity (Wildman–Crippen MR) is 103 cm³/mol. The molecule has 0 bridgehead atoms. The Hall–Kier alpha value is -3.02. The van der Waals surface area contributed by atoms with Crippen molar-refractivity contribution in [3.63, 3.8) is 0 Å². The van der Waals surface area contributed by atoms with E-state index in [1.807, 2.05) is 7.05 Å². The number of aromatic carboxylic acids is 1. The summed E-state index contributed by atoms with van der Waals surface area (Å²) in [7, 11) is 2.00. The molecule has 1 heterocycles. The third-order valence-corrected chi connectivity index (χ3v) is 5.22. The Bertz CT molecular complexity index is 998. The maximum Gasteiger partial charge on any atom is 0.335 e. The summed E-state index contributed by atoms with van der Waals surface area (Å²) in [6, 6.07) is 11.3. The molecule has 2 aromatic carbocycles. The van der Waals surface area contributed by atoms with Crippen LogP contribution in [0.25, 0.3) is 22.3 Å². The molecule has 138 valence electrons. The first-order valence-corrected chi connectivity index (χ1v) is 9.07. The number of hydrogen-bond acceptors (Lipinski definition) is 4. The molecule has 0 radical (unpaired) electrons. The number of carboxylic acids is 1. The van der Waals surface area contributed by atoms with E-state index in [1.165, 1.54) is 31.0 Å². The monoisotopic (exact) mass is 365 g/mol. The van der Waals surface area contributed by atoms with Crippen LogP contribution < -0.4 is 4.90 Å². The van der Waals surface area contributed by atoms with E-state index in [-0.39, 0.29) is 11.4 Å². The van der Waals surface area contributed by atoms with E-state index in [1.54, 1.807) is 24.3 Å². The molecule has 0 unspecified atom stereocenters. The van der Waals surface area contributed by atoms with E-state index in [2.05, 4.69) is 4.90 Å². The number of rotatable bonds is 4. The topological polar surface area (TPSA) is 66.3 Å². The van der Waals surface area contributed by atoms with Crippen LogP contribution in [0, 0.1) is 5.82 Å². The molecular weight excluding hydrogens is 345 g/mol. The summed E-state index contributed by atoms with van der Waals surface area (Å²) in [4.78, 5) is 22.9. The average Bonchev–Trinajstić information content (AvgIpc) is 3.21. The molecule has 1 aliphatic rings. The third kappa shape index (κ3) is 3.35. The zero-order chi connectivity index (χ0) is 19.0. The van der Waals surface area contributed by atoms with Crippen molar-refractivity contribution in [3.8, 4) is 11.3 Å². The molecule has 0 amide bonds. The van der Waals surface area contributed by atoms with Gasteiger partial charge in [0.1, 0.15) is 11.5 Å². The molecule has 1 aromatic heterocycles. The van der Waals surface area contributed by atoms with Crippen LogP contribution in [0.5, 0.6) is 0 Å². The van der Waals surface area contributed by atoms with Crippen molar-refractivity contribution in [3.05, 3.63) is 53.8 Å². The number of halogens is 1. The summed E-state index contributed by atoms with van der Waals surface area (Å²) in [5.74, 6) is -0.597. The number of aromatic nitrogens is 2. The number of anilines is 1. The Morgan fingerprint density at radius 3 is 2.44 bits per heavy atom. The van der Waals surface area contributed by atoms with Gasteiger partial charge in [-0.05, 0) is 55.3 Å². The SMILES string of the molecule is CN(c1nc2cc(C(=O)O)ccc2nc1-c1ccc(F)cc1)C1CCCC1. The van der Waals surface area contributed by atoms with Gasteiger partial charge in [-0.15, -0.1) is 0 Å². The second-order valence-electron chi connectivity index (χ2n) is 6.96. The van der Waals surface area contributed by atoms with Crippen LogP contribution in [0.1, 0.15) is 36.0 Å². The van der Waals surface area contributed by atoms with Gasteiger partial charge in [-0.2, -0.15) is 0 Å². The van der Waals surface area contributed by atoms with E-state index in [4.69, 9.17) is 9.97 Å². The number of nitrogens with zero attached hydrogens (tertiary/aromatic N) is 3. The van der Waals surface area contributed by atoms with E-state index in [0.29, 0.717) is 28.6 Å². The first-order chi connectivity index (χ1) is 13.0. The maximum atomic E-state index is 13.4. The summed E-state index contributed by atoms with van der Waals surface area (Å²) in [6.45, 7) is 0. The lowest BCUT2D eigenvalue weighted by molar-refractivity contribution is 0.0697. The molecule has 1 N–H and O–H groups in total. The minimum Gasteiger partial charge on any atom is -0.478 e. The largest absolute Gasteiger partial charge is 0.478 e. The first-order valence-electron chi connectivity index (χ1n) is 9.07. The smallest absolute Gasteiger partial charge is 0.335 e. The second-order valence-corrected chi connectivity index (χ2v) is 6.96. The van der Waals surface area contributed by atoms with Gasteiger partial charge < -0.3 is 10.0 Å². The normalized spacial score (nSPS) is 14.6. The maximum absolute atomic E-state index is 13.4. The first kappa shape index (κ1) is 17.4. The van der Waals surface area contributed by atoms with Crippen LogP contribution in [-0.4, -0.2) is 34.1 Å². The van der Waals surface area contributed by atoms with Gasteiger partial charge in [0, 0.05) is 18.7 Å². The lowest BCUT2D eigenvalue weighted by atomic mass is 10.1. The summed E-state index contributed by atoms with van der Waals surface area (Å²) in [5.41, 5.74) is 2.80. The van der Waals surface area contributed by atoms with Crippen molar-refractivity contribution in [2.45, 2.75) is 31.7 Å². The van der Waals surface area contributed by atoms with Crippen molar-refractivity contribution in [1.29, 1.82) is 0 Å². The van der Waals surface area contributed by atoms with Gasteiger partial charge in [0.05, 0.1) is 16.6 Å². The summed E-state index contributed by atoms with van der Waals surface area (Å²) < 4.78 is 13.4. The van der Waals surface area contributed by atoms with Crippen LogP contribution in [0.2, 0.25) is 0 Å². The summed E-state index contributed by atoms with van der Waals surface area (Å²) >= 11 is 0. The molecular formula is C21H20FN3O2. The molecule has 0 aliphatic heterocycles. The Balaban J connectivity index is 1.90. The number of hydrogen-bond donors (Lipinski definition) is 1. The van der Waals surface area contributed by atoms with Crippen LogP contribution in [-0.2, 0) is 0 Å².